The van der Waals surface area contributed by atoms with E-state index in [0.29, 0.717) is 0 Å². The Morgan fingerprint density at radius 3 is 2.50 bits per heavy atom. The van der Waals surface area contributed by atoms with Crippen LogP contribution in [0.4, 0.5) is 0 Å². The van der Waals surface area contributed by atoms with E-state index in [-0.39, 0.29) is 0 Å². The number of thiol groups is 1. The number of nitrogens with two attached hydrogens (primary N) is 1. The van der Waals surface area contributed by atoms with Crippen LogP contribution >= 0.6 is 12.6 Å². The molecular weight excluding hydrogens is 214 g/mol. The van der Waals surface area contributed by atoms with Gasteiger partial charge in [-0.15, -0.1) is 19.2 Å². The molecule has 0 radical (unpaired) electrons. The van der Waals surface area contributed by atoms with Crippen molar-refractivity contribution in [1.82, 2.24) is 0 Å². The van der Waals surface area contributed by atoms with Crippen LogP contribution in [0.5, 0.6) is 0 Å². The Hall–Kier alpha value is -1.15. The van der Waals surface area contributed by atoms with Gasteiger partial charge in [0.15, 0.2) is 0 Å². The highest BCUT2D eigenvalue weighted by atomic mass is 32.1. The average molecular weight is 235 g/mol. The lowest BCUT2D eigenvalue weighted by Gasteiger charge is -2.06. The molecular formula is C14H21NS. The molecule has 1 nitrogen and oxygen atoms in total. The predicted molar refractivity (Wildman–Crippen MR) is 77.3 cm³/mol. The third-order valence-corrected chi connectivity index (χ3v) is 2.84. The summed E-state index contributed by atoms with van der Waals surface area (Å²) in [6.07, 6.45) is 9.15. The van der Waals surface area contributed by atoms with Gasteiger partial charge in [0, 0.05) is 4.91 Å². The SMILES string of the molecule is C=CC/C(=C/C(=C)/C(C)=C(S)\C=C/N)CC. The third-order valence-electron chi connectivity index (χ3n) is 2.36. The van der Waals surface area contributed by atoms with Gasteiger partial charge in [0.05, 0.1) is 0 Å². The summed E-state index contributed by atoms with van der Waals surface area (Å²) in [5.74, 6) is 0. The zero-order valence-electron chi connectivity index (χ0n) is 10.2. The van der Waals surface area contributed by atoms with E-state index in [1.54, 1.807) is 6.08 Å². The molecule has 0 aliphatic carbocycles. The normalized spacial score (nSPS) is 13.8. The lowest BCUT2D eigenvalue weighted by molar-refractivity contribution is 1.03. The van der Waals surface area contributed by atoms with Crippen molar-refractivity contribution >= 4 is 12.6 Å². The van der Waals surface area contributed by atoms with Gasteiger partial charge in [-0.25, -0.2) is 0 Å². The summed E-state index contributed by atoms with van der Waals surface area (Å²) in [6, 6.07) is 0. The van der Waals surface area contributed by atoms with Gasteiger partial charge in [-0.1, -0.05) is 31.2 Å². The van der Waals surface area contributed by atoms with Crippen molar-refractivity contribution < 1.29 is 0 Å². The van der Waals surface area contributed by atoms with Crippen molar-refractivity contribution in [1.29, 1.82) is 0 Å². The molecule has 2 N–H and O–H groups in total. The van der Waals surface area contributed by atoms with E-state index < -0.39 is 0 Å². The first-order valence-electron chi connectivity index (χ1n) is 5.34. The molecule has 0 aromatic rings. The maximum Gasteiger partial charge on any atom is 0.00892 e. The molecule has 0 fully saturated rings. The minimum atomic E-state index is 0.845. The lowest BCUT2D eigenvalue weighted by Crippen LogP contribution is -1.87. The Morgan fingerprint density at radius 1 is 1.44 bits per heavy atom. The van der Waals surface area contributed by atoms with Crippen LogP contribution < -0.4 is 5.73 Å². The molecule has 0 heterocycles. The van der Waals surface area contributed by atoms with Crippen LogP contribution in [0.1, 0.15) is 26.7 Å². The van der Waals surface area contributed by atoms with Crippen LogP contribution in [0.2, 0.25) is 0 Å². The molecule has 0 aromatic heterocycles. The highest BCUT2D eigenvalue weighted by Gasteiger charge is 1.99. The van der Waals surface area contributed by atoms with E-state index in [1.165, 1.54) is 11.8 Å². The van der Waals surface area contributed by atoms with Crippen LogP contribution in [0.25, 0.3) is 0 Å². The summed E-state index contributed by atoms with van der Waals surface area (Å²) in [4.78, 5) is 0.845. The molecule has 0 aliphatic heterocycles. The molecule has 88 valence electrons. The molecule has 16 heavy (non-hydrogen) atoms. The Kier molecular flexibility index (Phi) is 7.48. The first-order valence-corrected chi connectivity index (χ1v) is 5.79. The number of hydrogen-bond acceptors (Lipinski definition) is 2. The summed E-state index contributed by atoms with van der Waals surface area (Å²) in [5, 5.41) is 0. The Labute approximate surface area is 105 Å². The van der Waals surface area contributed by atoms with Crippen LogP contribution in [0.3, 0.4) is 0 Å². The Bertz CT molecular complexity index is 346. The van der Waals surface area contributed by atoms with Gasteiger partial charge in [0.2, 0.25) is 0 Å². The molecule has 0 saturated carbocycles. The molecule has 0 amide bonds. The van der Waals surface area contributed by atoms with Gasteiger partial charge < -0.3 is 5.73 Å². The van der Waals surface area contributed by atoms with E-state index in [1.807, 2.05) is 13.0 Å². The van der Waals surface area contributed by atoms with Crippen LogP contribution in [-0.4, -0.2) is 0 Å². The van der Waals surface area contributed by atoms with Crippen molar-refractivity contribution in [3.63, 3.8) is 0 Å². The molecule has 0 spiro atoms. The van der Waals surface area contributed by atoms with E-state index in [2.05, 4.69) is 38.8 Å². The largest absolute Gasteiger partial charge is 0.405 e. The monoisotopic (exact) mass is 235 g/mol. The first kappa shape index (κ1) is 14.8. The molecule has 0 unspecified atom stereocenters. The second-order valence-corrected chi connectivity index (χ2v) is 4.03. The number of rotatable bonds is 6. The molecule has 0 aliphatic rings. The fraction of sp³-hybridized carbons (Fsp3) is 0.286. The molecule has 0 aromatic carbocycles. The van der Waals surface area contributed by atoms with Gasteiger partial charge in [-0.3, -0.25) is 0 Å². The quantitative estimate of drug-likeness (QED) is 0.404. The van der Waals surface area contributed by atoms with Gasteiger partial charge in [0.1, 0.15) is 0 Å². The number of allylic oxidation sites excluding steroid dienone is 6. The van der Waals surface area contributed by atoms with E-state index in [9.17, 15) is 0 Å². The number of hydrogen-bond donors (Lipinski definition) is 2. The van der Waals surface area contributed by atoms with E-state index >= 15 is 0 Å². The van der Waals surface area contributed by atoms with Gasteiger partial charge in [-0.05, 0) is 43.2 Å². The zero-order chi connectivity index (χ0) is 12.6. The van der Waals surface area contributed by atoms with Gasteiger partial charge in [-0.2, -0.15) is 0 Å². The van der Waals surface area contributed by atoms with Crippen molar-refractivity contribution in [2.75, 3.05) is 0 Å². The molecule has 2 heteroatoms. The van der Waals surface area contributed by atoms with Gasteiger partial charge in [0.25, 0.3) is 0 Å². The average Bonchev–Trinajstić information content (AvgIpc) is 2.27. The predicted octanol–water partition coefficient (Wildman–Crippen LogP) is 4.13. The van der Waals surface area contributed by atoms with Crippen LogP contribution in [0, 0.1) is 0 Å². The standard InChI is InChI=1S/C14H21NS/c1-5-7-13(6-2)10-11(3)12(4)14(16)8-9-15/h5,8-10,16H,1,3,6-7,15H2,2,4H3/b9-8-,13-10+,14-12+. The summed E-state index contributed by atoms with van der Waals surface area (Å²) in [6.45, 7) is 11.9. The zero-order valence-corrected chi connectivity index (χ0v) is 11.1. The van der Waals surface area contributed by atoms with Crippen LogP contribution in [-0.2, 0) is 0 Å². The summed E-state index contributed by atoms with van der Waals surface area (Å²) >= 11 is 4.35. The fourth-order valence-electron chi connectivity index (χ4n) is 1.23. The first-order chi connectivity index (χ1) is 7.56. The van der Waals surface area contributed by atoms with Crippen LogP contribution in [0.15, 0.2) is 59.2 Å². The van der Waals surface area contributed by atoms with E-state index in [4.69, 9.17) is 5.73 Å². The second-order valence-electron chi connectivity index (χ2n) is 3.54. The van der Waals surface area contributed by atoms with E-state index in [0.717, 1.165) is 28.9 Å². The minimum absolute atomic E-state index is 0.845. The molecule has 0 rings (SSSR count). The topological polar surface area (TPSA) is 26.0 Å². The van der Waals surface area contributed by atoms with Crippen molar-refractivity contribution in [2.45, 2.75) is 26.7 Å². The highest BCUT2D eigenvalue weighted by molar-refractivity contribution is 7.84. The molecule has 0 atom stereocenters. The third kappa shape index (κ3) is 5.08. The summed E-state index contributed by atoms with van der Waals surface area (Å²) < 4.78 is 0. The summed E-state index contributed by atoms with van der Waals surface area (Å²) in [7, 11) is 0. The fourth-order valence-corrected chi connectivity index (χ4v) is 1.46. The van der Waals surface area contributed by atoms with Gasteiger partial charge >= 0.3 is 0 Å². The summed E-state index contributed by atoms with van der Waals surface area (Å²) in [5.41, 5.74) is 8.65. The highest BCUT2D eigenvalue weighted by Crippen LogP contribution is 2.20. The van der Waals surface area contributed by atoms with Crippen molar-refractivity contribution in [2.24, 2.45) is 5.73 Å². The Balaban J connectivity index is 4.93. The minimum Gasteiger partial charge on any atom is -0.405 e. The lowest BCUT2D eigenvalue weighted by atomic mass is 10.0. The van der Waals surface area contributed by atoms with Crippen molar-refractivity contribution in [3.8, 4) is 0 Å². The smallest absolute Gasteiger partial charge is 0.00892 e. The second kappa shape index (κ2) is 8.05. The molecule has 0 bridgehead atoms. The van der Waals surface area contributed by atoms with Crippen molar-refractivity contribution in [3.05, 3.63) is 59.2 Å². The molecule has 0 saturated heterocycles. The maximum absolute atomic E-state index is 5.32. The Morgan fingerprint density at radius 2 is 2.06 bits per heavy atom. The maximum atomic E-state index is 5.32.